The van der Waals surface area contributed by atoms with Gasteiger partial charge in [0.2, 0.25) is 0 Å². The molecule has 5 heteroatoms. The van der Waals surface area contributed by atoms with E-state index in [4.69, 9.17) is 9.72 Å². The molecule has 1 aliphatic carbocycles. The van der Waals surface area contributed by atoms with Crippen LogP contribution in [0.15, 0.2) is 46.6 Å². The van der Waals surface area contributed by atoms with Gasteiger partial charge in [0.05, 0.1) is 19.5 Å². The van der Waals surface area contributed by atoms with Crippen LogP contribution in [0, 0.1) is 0 Å². The minimum Gasteiger partial charge on any atom is -0.497 e. The molecule has 0 atom stereocenters. The quantitative estimate of drug-likeness (QED) is 0.801. The molecule has 23 heavy (non-hydrogen) atoms. The zero-order valence-corrected chi connectivity index (χ0v) is 14.3. The molecular weight excluding hydrogens is 306 g/mol. The van der Waals surface area contributed by atoms with Crippen molar-refractivity contribution < 1.29 is 4.74 Å². The van der Waals surface area contributed by atoms with Gasteiger partial charge in [-0.2, -0.15) is 0 Å². The van der Waals surface area contributed by atoms with Gasteiger partial charge < -0.3 is 10.1 Å². The summed E-state index contributed by atoms with van der Waals surface area (Å²) in [6, 6.07) is 8.54. The molecule has 1 saturated carbocycles. The van der Waals surface area contributed by atoms with Crippen LogP contribution < -0.4 is 10.1 Å². The van der Waals surface area contributed by atoms with Crippen LogP contribution in [0.3, 0.4) is 0 Å². The van der Waals surface area contributed by atoms with E-state index >= 15 is 0 Å². The second-order valence-corrected chi connectivity index (χ2v) is 6.95. The molecule has 1 fully saturated rings. The SMILES string of the molecule is COc1ccc(Sc2cncc(NC3CCCCCC3)n2)cc1. The van der Waals surface area contributed by atoms with Crippen LogP contribution in [0.2, 0.25) is 0 Å². The van der Waals surface area contributed by atoms with Crippen molar-refractivity contribution in [1.82, 2.24) is 9.97 Å². The second-order valence-electron chi connectivity index (χ2n) is 5.85. The van der Waals surface area contributed by atoms with Crippen LogP contribution in [0.25, 0.3) is 0 Å². The standard InChI is InChI=1S/C18H23N3OS/c1-22-15-8-10-16(11-9-15)23-18-13-19-12-17(21-18)20-14-6-4-2-3-5-7-14/h8-14H,2-7H2,1H3,(H,20,21). The molecule has 1 heterocycles. The lowest BCUT2D eigenvalue weighted by Crippen LogP contribution is -2.19. The fourth-order valence-corrected chi connectivity index (χ4v) is 3.64. The summed E-state index contributed by atoms with van der Waals surface area (Å²) >= 11 is 1.62. The highest BCUT2D eigenvalue weighted by Gasteiger charge is 2.13. The van der Waals surface area contributed by atoms with Crippen molar-refractivity contribution >= 4 is 17.6 Å². The van der Waals surface area contributed by atoms with Gasteiger partial charge in [-0.15, -0.1) is 0 Å². The molecule has 1 aromatic carbocycles. The number of nitrogens with one attached hydrogen (secondary N) is 1. The summed E-state index contributed by atoms with van der Waals surface area (Å²) in [5.74, 6) is 1.75. The van der Waals surface area contributed by atoms with Crippen LogP contribution in [-0.2, 0) is 0 Å². The van der Waals surface area contributed by atoms with Gasteiger partial charge in [-0.1, -0.05) is 37.4 Å². The molecule has 0 unspecified atom stereocenters. The Morgan fingerprint density at radius 1 is 1.04 bits per heavy atom. The van der Waals surface area contributed by atoms with E-state index in [1.54, 1.807) is 18.9 Å². The Kier molecular flexibility index (Phi) is 5.75. The van der Waals surface area contributed by atoms with E-state index in [2.05, 4.69) is 10.3 Å². The molecule has 4 nitrogen and oxygen atoms in total. The van der Waals surface area contributed by atoms with E-state index in [0.29, 0.717) is 6.04 Å². The van der Waals surface area contributed by atoms with Crippen molar-refractivity contribution in [2.45, 2.75) is 54.5 Å². The summed E-state index contributed by atoms with van der Waals surface area (Å²) in [7, 11) is 1.68. The molecule has 3 rings (SSSR count). The number of methoxy groups -OCH3 is 1. The van der Waals surface area contributed by atoms with E-state index in [0.717, 1.165) is 21.5 Å². The summed E-state index contributed by atoms with van der Waals surface area (Å²) in [6.45, 7) is 0. The first-order valence-electron chi connectivity index (χ1n) is 8.24. The highest BCUT2D eigenvalue weighted by Crippen LogP contribution is 2.28. The van der Waals surface area contributed by atoms with Crippen molar-refractivity contribution in [3.8, 4) is 5.75 Å². The number of nitrogens with zero attached hydrogens (tertiary/aromatic N) is 2. The predicted molar refractivity (Wildman–Crippen MR) is 94.3 cm³/mol. The third-order valence-electron chi connectivity index (χ3n) is 4.10. The average molecular weight is 329 g/mol. The Morgan fingerprint density at radius 2 is 1.78 bits per heavy atom. The highest BCUT2D eigenvalue weighted by atomic mass is 32.2. The summed E-state index contributed by atoms with van der Waals surface area (Å²) in [5, 5.41) is 4.47. The Labute approximate surface area is 142 Å². The van der Waals surface area contributed by atoms with Gasteiger partial charge in [0, 0.05) is 10.9 Å². The second kappa shape index (κ2) is 8.20. The van der Waals surface area contributed by atoms with Crippen LogP contribution in [0.1, 0.15) is 38.5 Å². The number of anilines is 1. The van der Waals surface area contributed by atoms with E-state index in [1.165, 1.54) is 38.5 Å². The fourth-order valence-electron chi connectivity index (χ4n) is 2.86. The number of benzene rings is 1. The Balaban J connectivity index is 1.64. The number of ether oxygens (including phenoxy) is 1. The van der Waals surface area contributed by atoms with Crippen LogP contribution in [-0.4, -0.2) is 23.1 Å². The number of aromatic nitrogens is 2. The monoisotopic (exact) mass is 329 g/mol. The topological polar surface area (TPSA) is 47.0 Å². The Morgan fingerprint density at radius 3 is 2.48 bits per heavy atom. The zero-order chi connectivity index (χ0) is 15.9. The van der Waals surface area contributed by atoms with Gasteiger partial charge in [-0.05, 0) is 37.1 Å². The van der Waals surface area contributed by atoms with Crippen molar-refractivity contribution in [3.05, 3.63) is 36.7 Å². The maximum Gasteiger partial charge on any atom is 0.146 e. The summed E-state index contributed by atoms with van der Waals surface area (Å²) in [4.78, 5) is 10.2. The molecule has 0 bridgehead atoms. The molecular formula is C18H23N3OS. The molecule has 1 aromatic heterocycles. The molecule has 1 aliphatic rings. The van der Waals surface area contributed by atoms with Gasteiger partial charge in [-0.25, -0.2) is 4.98 Å². The summed E-state index contributed by atoms with van der Waals surface area (Å²) in [6.07, 6.45) is 11.4. The van der Waals surface area contributed by atoms with Crippen LogP contribution in [0.5, 0.6) is 5.75 Å². The van der Waals surface area contributed by atoms with Crippen molar-refractivity contribution in [2.75, 3.05) is 12.4 Å². The van der Waals surface area contributed by atoms with Gasteiger partial charge >= 0.3 is 0 Å². The average Bonchev–Trinajstić information content (AvgIpc) is 2.85. The Hall–Kier alpha value is -1.75. The van der Waals surface area contributed by atoms with Gasteiger partial charge in [0.15, 0.2) is 0 Å². The first kappa shape index (κ1) is 16.1. The van der Waals surface area contributed by atoms with Crippen LogP contribution in [0.4, 0.5) is 5.82 Å². The predicted octanol–water partition coefficient (Wildman–Crippen LogP) is 4.77. The third-order valence-corrected chi connectivity index (χ3v) is 5.02. The maximum absolute atomic E-state index is 5.19. The lowest BCUT2D eigenvalue weighted by atomic mass is 10.1. The van der Waals surface area contributed by atoms with Crippen molar-refractivity contribution in [3.63, 3.8) is 0 Å². The molecule has 122 valence electrons. The fraction of sp³-hybridized carbons (Fsp3) is 0.444. The van der Waals surface area contributed by atoms with Gasteiger partial charge in [-0.3, -0.25) is 4.98 Å². The number of hydrogen-bond donors (Lipinski definition) is 1. The van der Waals surface area contributed by atoms with E-state index in [1.807, 2.05) is 36.7 Å². The first-order valence-corrected chi connectivity index (χ1v) is 9.05. The molecule has 1 N–H and O–H groups in total. The minimum absolute atomic E-state index is 0.535. The smallest absolute Gasteiger partial charge is 0.146 e. The summed E-state index contributed by atoms with van der Waals surface area (Å²) < 4.78 is 5.19. The summed E-state index contributed by atoms with van der Waals surface area (Å²) in [5.41, 5.74) is 0. The minimum atomic E-state index is 0.535. The molecule has 0 spiro atoms. The number of rotatable bonds is 5. The molecule has 0 amide bonds. The third kappa shape index (κ3) is 4.86. The van der Waals surface area contributed by atoms with E-state index in [-0.39, 0.29) is 0 Å². The maximum atomic E-state index is 5.19. The first-order chi connectivity index (χ1) is 11.3. The normalized spacial score (nSPS) is 15.9. The van der Waals surface area contributed by atoms with Crippen molar-refractivity contribution in [2.24, 2.45) is 0 Å². The molecule has 0 aliphatic heterocycles. The molecule has 0 radical (unpaired) electrons. The largest absolute Gasteiger partial charge is 0.497 e. The van der Waals surface area contributed by atoms with Crippen LogP contribution >= 0.6 is 11.8 Å². The Bertz CT molecular complexity index is 610. The van der Waals surface area contributed by atoms with E-state index < -0.39 is 0 Å². The molecule has 2 aromatic rings. The van der Waals surface area contributed by atoms with E-state index in [9.17, 15) is 0 Å². The van der Waals surface area contributed by atoms with Crippen molar-refractivity contribution in [1.29, 1.82) is 0 Å². The lowest BCUT2D eigenvalue weighted by Gasteiger charge is -2.16. The number of hydrogen-bond acceptors (Lipinski definition) is 5. The highest BCUT2D eigenvalue weighted by molar-refractivity contribution is 7.99. The molecule has 0 saturated heterocycles. The van der Waals surface area contributed by atoms with Gasteiger partial charge in [0.1, 0.15) is 16.6 Å². The van der Waals surface area contributed by atoms with Gasteiger partial charge in [0.25, 0.3) is 0 Å². The lowest BCUT2D eigenvalue weighted by molar-refractivity contribution is 0.414. The zero-order valence-electron chi connectivity index (χ0n) is 13.5.